The maximum absolute atomic E-state index is 12.2. The van der Waals surface area contributed by atoms with Gasteiger partial charge < -0.3 is 15.2 Å². The van der Waals surface area contributed by atoms with Crippen LogP contribution in [0.4, 0.5) is 0 Å². The van der Waals surface area contributed by atoms with E-state index in [-0.39, 0.29) is 5.91 Å². The van der Waals surface area contributed by atoms with Crippen LogP contribution in [0.5, 0.6) is 0 Å². The van der Waals surface area contributed by atoms with Crippen molar-refractivity contribution in [2.24, 2.45) is 0 Å². The van der Waals surface area contributed by atoms with Gasteiger partial charge in [-0.05, 0) is 57.1 Å². The highest BCUT2D eigenvalue weighted by Crippen LogP contribution is 2.22. The topological polar surface area (TPSA) is 48.1 Å². The summed E-state index contributed by atoms with van der Waals surface area (Å²) in [4.78, 5) is 17.8. The fraction of sp³-hybridized carbons (Fsp3) is 0.438. The van der Waals surface area contributed by atoms with Gasteiger partial charge in [0.15, 0.2) is 0 Å². The van der Waals surface area contributed by atoms with E-state index in [9.17, 15) is 4.79 Å². The maximum atomic E-state index is 12.2. The van der Waals surface area contributed by atoms with E-state index in [0.717, 1.165) is 35.2 Å². The predicted molar refractivity (Wildman–Crippen MR) is 81.2 cm³/mol. The molecule has 2 heterocycles. The van der Waals surface area contributed by atoms with Crippen LogP contribution in [0.1, 0.15) is 28.0 Å². The molecule has 1 aliphatic heterocycles. The van der Waals surface area contributed by atoms with Gasteiger partial charge in [-0.2, -0.15) is 0 Å². The van der Waals surface area contributed by atoms with Crippen LogP contribution in [-0.2, 0) is 0 Å². The number of fused-ring (bicyclic) bond motifs is 1. The van der Waals surface area contributed by atoms with E-state index >= 15 is 0 Å². The second kappa shape index (κ2) is 5.29. The lowest BCUT2D eigenvalue weighted by Gasteiger charge is -2.30. The Bertz CT molecular complexity index is 640. The lowest BCUT2D eigenvalue weighted by atomic mass is 10.1. The van der Waals surface area contributed by atoms with Crippen molar-refractivity contribution in [1.29, 1.82) is 0 Å². The molecule has 0 aliphatic carbocycles. The first-order valence-corrected chi connectivity index (χ1v) is 7.24. The molecule has 2 N–H and O–H groups in total. The number of hydrogen-bond acceptors (Lipinski definition) is 2. The molecule has 0 saturated carbocycles. The third kappa shape index (κ3) is 2.43. The Morgan fingerprint density at radius 3 is 2.85 bits per heavy atom. The summed E-state index contributed by atoms with van der Waals surface area (Å²) in [5.74, 6) is 0.0191. The number of likely N-dealkylation sites (tertiary alicyclic amines) is 1. The van der Waals surface area contributed by atoms with Crippen LogP contribution in [0.25, 0.3) is 10.9 Å². The summed E-state index contributed by atoms with van der Waals surface area (Å²) in [6.07, 6.45) is 1.29. The number of nitrogens with one attached hydrogen (secondary N) is 2. The van der Waals surface area contributed by atoms with Crippen molar-refractivity contribution in [1.82, 2.24) is 15.2 Å². The van der Waals surface area contributed by atoms with E-state index in [0.29, 0.717) is 0 Å². The molecule has 1 aromatic carbocycles. The third-order valence-electron chi connectivity index (χ3n) is 4.23. The number of benzene rings is 1. The Hall–Kier alpha value is -1.81. The summed E-state index contributed by atoms with van der Waals surface area (Å²) in [5.41, 5.74) is 4.21. The molecule has 0 radical (unpaired) electrons. The molecule has 106 valence electrons. The molecular formula is C16H21N3O. The first-order valence-electron chi connectivity index (χ1n) is 7.24. The average molecular weight is 271 g/mol. The zero-order valence-corrected chi connectivity index (χ0v) is 12.1. The van der Waals surface area contributed by atoms with E-state index in [4.69, 9.17) is 0 Å². The van der Waals surface area contributed by atoms with Crippen molar-refractivity contribution >= 4 is 16.8 Å². The number of nitrogens with zero attached hydrogens (tertiary/aromatic N) is 1. The van der Waals surface area contributed by atoms with E-state index in [2.05, 4.69) is 29.0 Å². The van der Waals surface area contributed by atoms with Crippen LogP contribution >= 0.6 is 0 Å². The highest BCUT2D eigenvalue weighted by molar-refractivity contribution is 5.99. The monoisotopic (exact) mass is 271 g/mol. The summed E-state index contributed by atoms with van der Waals surface area (Å²) < 4.78 is 0. The largest absolute Gasteiger partial charge is 0.358 e. The second-order valence-corrected chi connectivity index (χ2v) is 5.59. The van der Waals surface area contributed by atoms with E-state index < -0.39 is 0 Å². The van der Waals surface area contributed by atoms with Crippen molar-refractivity contribution in [3.8, 4) is 0 Å². The molecule has 1 aliphatic rings. The summed E-state index contributed by atoms with van der Waals surface area (Å²) in [6.45, 7) is 8.16. The van der Waals surface area contributed by atoms with Gasteiger partial charge in [0, 0.05) is 35.2 Å². The Kier molecular flexibility index (Phi) is 3.49. The highest BCUT2D eigenvalue weighted by Gasteiger charge is 2.14. The molecule has 1 amide bonds. The molecule has 1 saturated heterocycles. The number of carbonyl (C=O) groups is 1. The maximum Gasteiger partial charge on any atom is 0.251 e. The van der Waals surface area contributed by atoms with E-state index in [1.165, 1.54) is 25.1 Å². The number of amides is 1. The first kappa shape index (κ1) is 13.2. The molecule has 0 unspecified atom stereocenters. The summed E-state index contributed by atoms with van der Waals surface area (Å²) in [7, 11) is 0. The van der Waals surface area contributed by atoms with Crippen LogP contribution in [0, 0.1) is 13.8 Å². The Labute approximate surface area is 119 Å². The van der Waals surface area contributed by atoms with Gasteiger partial charge in [-0.1, -0.05) is 0 Å². The van der Waals surface area contributed by atoms with Crippen molar-refractivity contribution in [3.05, 3.63) is 35.0 Å². The number of carbonyl (C=O) groups excluding carboxylic acids is 1. The fourth-order valence-electron chi connectivity index (χ4n) is 2.64. The molecule has 0 atom stereocenters. The minimum absolute atomic E-state index is 0.0191. The summed E-state index contributed by atoms with van der Waals surface area (Å²) in [5, 5.41) is 4.14. The fourth-order valence-corrected chi connectivity index (χ4v) is 2.64. The first-order chi connectivity index (χ1) is 9.65. The number of aromatic nitrogens is 1. The minimum atomic E-state index is 0.0191. The van der Waals surface area contributed by atoms with Crippen LogP contribution in [0.3, 0.4) is 0 Å². The van der Waals surface area contributed by atoms with Crippen molar-refractivity contribution < 1.29 is 4.79 Å². The van der Waals surface area contributed by atoms with Crippen molar-refractivity contribution in [2.75, 3.05) is 26.2 Å². The standard InChI is InChI=1S/C16H21N3O/c1-11-12(2)18-15-5-4-13(10-14(11)15)16(20)17-6-9-19-7-3-8-19/h4-5,10,18H,3,6-9H2,1-2H3,(H,17,20). The quantitative estimate of drug-likeness (QED) is 0.896. The predicted octanol–water partition coefficient (Wildman–Crippen LogP) is 2.22. The van der Waals surface area contributed by atoms with Gasteiger partial charge in [0.25, 0.3) is 5.91 Å². The van der Waals surface area contributed by atoms with Crippen LogP contribution in [0.15, 0.2) is 18.2 Å². The van der Waals surface area contributed by atoms with Crippen LogP contribution < -0.4 is 5.32 Å². The molecule has 20 heavy (non-hydrogen) atoms. The Balaban J connectivity index is 1.68. The zero-order valence-electron chi connectivity index (χ0n) is 12.1. The zero-order chi connectivity index (χ0) is 14.1. The van der Waals surface area contributed by atoms with Gasteiger partial charge in [-0.25, -0.2) is 0 Å². The number of aromatic amines is 1. The smallest absolute Gasteiger partial charge is 0.251 e. The number of aryl methyl sites for hydroxylation is 2. The normalized spacial score (nSPS) is 15.3. The van der Waals surface area contributed by atoms with Crippen molar-refractivity contribution in [3.63, 3.8) is 0 Å². The molecule has 4 heteroatoms. The van der Waals surface area contributed by atoms with Crippen LogP contribution in [-0.4, -0.2) is 42.0 Å². The molecule has 2 aromatic rings. The number of rotatable bonds is 4. The molecule has 3 rings (SSSR count). The van der Waals surface area contributed by atoms with Gasteiger partial charge in [0.1, 0.15) is 0 Å². The average Bonchev–Trinajstić information content (AvgIpc) is 2.67. The molecule has 0 spiro atoms. The minimum Gasteiger partial charge on any atom is -0.358 e. The van der Waals surface area contributed by atoms with E-state index in [1.807, 2.05) is 18.2 Å². The van der Waals surface area contributed by atoms with Gasteiger partial charge in [-0.3, -0.25) is 4.79 Å². The molecule has 1 fully saturated rings. The van der Waals surface area contributed by atoms with Crippen molar-refractivity contribution in [2.45, 2.75) is 20.3 Å². The van der Waals surface area contributed by atoms with E-state index in [1.54, 1.807) is 0 Å². The lowest BCUT2D eigenvalue weighted by molar-refractivity contribution is 0.0941. The SMILES string of the molecule is Cc1[nH]c2ccc(C(=O)NCCN3CCC3)cc2c1C. The molecule has 0 bridgehead atoms. The van der Waals surface area contributed by atoms with Gasteiger partial charge in [0.05, 0.1) is 0 Å². The molecule has 4 nitrogen and oxygen atoms in total. The molecular weight excluding hydrogens is 250 g/mol. The highest BCUT2D eigenvalue weighted by atomic mass is 16.1. The van der Waals surface area contributed by atoms with Gasteiger partial charge in [0.2, 0.25) is 0 Å². The summed E-state index contributed by atoms with van der Waals surface area (Å²) >= 11 is 0. The molecule has 1 aromatic heterocycles. The Morgan fingerprint density at radius 2 is 2.15 bits per heavy atom. The summed E-state index contributed by atoms with van der Waals surface area (Å²) in [6, 6.07) is 5.85. The lowest BCUT2D eigenvalue weighted by Crippen LogP contribution is -2.42. The Morgan fingerprint density at radius 1 is 1.35 bits per heavy atom. The third-order valence-corrected chi connectivity index (χ3v) is 4.23. The van der Waals surface area contributed by atoms with Gasteiger partial charge in [-0.15, -0.1) is 0 Å². The number of hydrogen-bond donors (Lipinski definition) is 2. The second-order valence-electron chi connectivity index (χ2n) is 5.59. The van der Waals surface area contributed by atoms with Gasteiger partial charge >= 0.3 is 0 Å². The number of H-pyrrole nitrogens is 1. The van der Waals surface area contributed by atoms with Crippen LogP contribution in [0.2, 0.25) is 0 Å².